The molecule has 0 aliphatic heterocycles. The third-order valence-electron chi connectivity index (χ3n) is 3.90. The van der Waals surface area contributed by atoms with Gasteiger partial charge >= 0.3 is 5.97 Å². The van der Waals surface area contributed by atoms with Crippen LogP contribution in [0.1, 0.15) is 24.1 Å². The van der Waals surface area contributed by atoms with Crippen LogP contribution in [-0.4, -0.2) is 15.6 Å². The summed E-state index contributed by atoms with van der Waals surface area (Å²) in [7, 11) is 0. The standard InChI is InChI=1S/C19H19NO2/c21-19(22)12-6-10-17-13-16-9-4-5-11-18(16)20(17)14-15-7-2-1-3-8-15/h1-5,7-9,11,13H,6,10,12,14H2,(H,21,22). The summed E-state index contributed by atoms with van der Waals surface area (Å²) in [6, 6.07) is 20.9. The summed E-state index contributed by atoms with van der Waals surface area (Å²) in [4.78, 5) is 10.7. The fourth-order valence-corrected chi connectivity index (χ4v) is 2.85. The van der Waals surface area contributed by atoms with Crippen LogP contribution in [0.3, 0.4) is 0 Å². The van der Waals surface area contributed by atoms with Crippen LogP contribution in [0.4, 0.5) is 0 Å². The molecule has 1 heterocycles. The van der Waals surface area contributed by atoms with Crippen LogP contribution < -0.4 is 0 Å². The Balaban J connectivity index is 1.92. The van der Waals surface area contributed by atoms with Crippen LogP contribution in [0, 0.1) is 0 Å². The molecule has 0 spiro atoms. The van der Waals surface area contributed by atoms with Gasteiger partial charge in [0.05, 0.1) is 0 Å². The molecule has 0 saturated heterocycles. The van der Waals surface area contributed by atoms with E-state index >= 15 is 0 Å². The maximum Gasteiger partial charge on any atom is 0.303 e. The maximum absolute atomic E-state index is 10.7. The summed E-state index contributed by atoms with van der Waals surface area (Å²) >= 11 is 0. The second-order valence-electron chi connectivity index (χ2n) is 5.51. The Morgan fingerprint density at radius 1 is 1.00 bits per heavy atom. The van der Waals surface area contributed by atoms with Crippen molar-refractivity contribution in [2.45, 2.75) is 25.8 Å². The van der Waals surface area contributed by atoms with E-state index in [0.29, 0.717) is 6.42 Å². The van der Waals surface area contributed by atoms with Gasteiger partial charge in [0.15, 0.2) is 0 Å². The van der Waals surface area contributed by atoms with E-state index in [9.17, 15) is 4.79 Å². The lowest BCUT2D eigenvalue weighted by molar-refractivity contribution is -0.137. The predicted molar refractivity (Wildman–Crippen MR) is 88.1 cm³/mol. The minimum Gasteiger partial charge on any atom is -0.481 e. The average Bonchev–Trinajstić information content (AvgIpc) is 2.86. The molecule has 0 unspecified atom stereocenters. The van der Waals surface area contributed by atoms with E-state index < -0.39 is 5.97 Å². The molecule has 3 heteroatoms. The number of aliphatic carboxylic acids is 1. The van der Waals surface area contributed by atoms with Crippen LogP contribution in [0.15, 0.2) is 60.7 Å². The van der Waals surface area contributed by atoms with Gasteiger partial charge in [-0.3, -0.25) is 4.79 Å². The molecule has 0 amide bonds. The highest BCUT2D eigenvalue weighted by Crippen LogP contribution is 2.22. The van der Waals surface area contributed by atoms with Gasteiger partial charge in [0.1, 0.15) is 0 Å². The van der Waals surface area contributed by atoms with Crippen molar-refractivity contribution >= 4 is 16.9 Å². The van der Waals surface area contributed by atoms with Crippen molar-refractivity contribution in [2.75, 3.05) is 0 Å². The lowest BCUT2D eigenvalue weighted by Gasteiger charge is -2.11. The van der Waals surface area contributed by atoms with E-state index in [1.165, 1.54) is 22.2 Å². The SMILES string of the molecule is O=C(O)CCCc1cc2ccccc2n1Cc1ccccc1. The number of rotatable bonds is 6. The van der Waals surface area contributed by atoms with Gasteiger partial charge < -0.3 is 9.67 Å². The Morgan fingerprint density at radius 3 is 2.50 bits per heavy atom. The molecule has 2 aromatic carbocycles. The van der Waals surface area contributed by atoms with Crippen LogP contribution in [0.25, 0.3) is 10.9 Å². The van der Waals surface area contributed by atoms with Crippen LogP contribution in [0.2, 0.25) is 0 Å². The van der Waals surface area contributed by atoms with Crippen LogP contribution >= 0.6 is 0 Å². The number of hydrogen-bond donors (Lipinski definition) is 1. The molecule has 0 aliphatic rings. The fraction of sp³-hybridized carbons (Fsp3) is 0.211. The molecule has 3 nitrogen and oxygen atoms in total. The largest absolute Gasteiger partial charge is 0.481 e. The van der Waals surface area contributed by atoms with Crippen LogP contribution in [-0.2, 0) is 17.8 Å². The number of aromatic nitrogens is 1. The zero-order chi connectivity index (χ0) is 15.4. The molecule has 1 N–H and O–H groups in total. The highest BCUT2D eigenvalue weighted by molar-refractivity contribution is 5.81. The van der Waals surface area contributed by atoms with E-state index in [4.69, 9.17) is 5.11 Å². The zero-order valence-electron chi connectivity index (χ0n) is 12.4. The van der Waals surface area contributed by atoms with Crippen molar-refractivity contribution in [3.05, 3.63) is 71.9 Å². The first-order valence-electron chi connectivity index (χ1n) is 7.57. The topological polar surface area (TPSA) is 42.2 Å². The molecule has 0 saturated carbocycles. The highest BCUT2D eigenvalue weighted by atomic mass is 16.4. The van der Waals surface area contributed by atoms with E-state index in [1.54, 1.807) is 0 Å². The summed E-state index contributed by atoms with van der Waals surface area (Å²) in [5.41, 5.74) is 3.66. The van der Waals surface area contributed by atoms with Gasteiger partial charge in [0.2, 0.25) is 0 Å². The first-order chi connectivity index (χ1) is 10.7. The van der Waals surface area contributed by atoms with Gasteiger partial charge in [0.25, 0.3) is 0 Å². The second kappa shape index (κ2) is 6.48. The quantitative estimate of drug-likeness (QED) is 0.743. The van der Waals surface area contributed by atoms with Crippen molar-refractivity contribution in [3.63, 3.8) is 0 Å². The van der Waals surface area contributed by atoms with Gasteiger partial charge in [-0.25, -0.2) is 0 Å². The molecule has 3 aromatic rings. The Bertz CT molecular complexity index is 774. The minimum absolute atomic E-state index is 0.215. The molecule has 22 heavy (non-hydrogen) atoms. The van der Waals surface area contributed by atoms with Crippen molar-refractivity contribution in [3.8, 4) is 0 Å². The lowest BCUT2D eigenvalue weighted by atomic mass is 10.1. The van der Waals surface area contributed by atoms with Crippen molar-refractivity contribution in [2.24, 2.45) is 0 Å². The number of carbonyl (C=O) groups is 1. The Kier molecular flexibility index (Phi) is 4.24. The number of benzene rings is 2. The van der Waals surface area contributed by atoms with E-state index in [2.05, 4.69) is 34.9 Å². The Labute approximate surface area is 129 Å². The minimum atomic E-state index is -0.731. The number of hydrogen-bond acceptors (Lipinski definition) is 1. The predicted octanol–water partition coefficient (Wildman–Crippen LogP) is 4.10. The van der Waals surface area contributed by atoms with E-state index in [-0.39, 0.29) is 6.42 Å². The summed E-state index contributed by atoms with van der Waals surface area (Å²) in [6.07, 6.45) is 1.67. The third-order valence-corrected chi connectivity index (χ3v) is 3.90. The molecule has 112 valence electrons. The summed E-state index contributed by atoms with van der Waals surface area (Å²) < 4.78 is 2.30. The lowest BCUT2D eigenvalue weighted by Crippen LogP contribution is -2.05. The molecule has 3 rings (SSSR count). The molecule has 0 atom stereocenters. The smallest absolute Gasteiger partial charge is 0.303 e. The number of carboxylic acid groups (broad SMARTS) is 1. The van der Waals surface area contributed by atoms with E-state index in [1.807, 2.05) is 30.3 Å². The van der Waals surface area contributed by atoms with Crippen molar-refractivity contribution < 1.29 is 9.90 Å². The fourth-order valence-electron chi connectivity index (χ4n) is 2.85. The molecular weight excluding hydrogens is 274 g/mol. The van der Waals surface area contributed by atoms with Gasteiger partial charge in [-0.1, -0.05) is 48.5 Å². The monoisotopic (exact) mass is 293 g/mol. The zero-order valence-corrected chi connectivity index (χ0v) is 12.4. The number of fused-ring (bicyclic) bond motifs is 1. The van der Waals surface area contributed by atoms with Crippen molar-refractivity contribution in [1.82, 2.24) is 4.57 Å². The van der Waals surface area contributed by atoms with Gasteiger partial charge in [-0.15, -0.1) is 0 Å². The third kappa shape index (κ3) is 3.19. The molecule has 1 aromatic heterocycles. The Hall–Kier alpha value is -2.55. The van der Waals surface area contributed by atoms with Gasteiger partial charge in [-0.05, 0) is 35.9 Å². The summed E-state index contributed by atoms with van der Waals surface area (Å²) in [5, 5.41) is 10.0. The van der Waals surface area contributed by atoms with Gasteiger partial charge in [-0.2, -0.15) is 0 Å². The summed E-state index contributed by atoms with van der Waals surface area (Å²) in [6.45, 7) is 0.816. The number of carboxylic acids is 1. The maximum atomic E-state index is 10.7. The highest BCUT2D eigenvalue weighted by Gasteiger charge is 2.09. The molecule has 0 fully saturated rings. The Morgan fingerprint density at radius 2 is 1.73 bits per heavy atom. The van der Waals surface area contributed by atoms with E-state index in [0.717, 1.165) is 13.0 Å². The molecular formula is C19H19NO2. The molecule has 0 aliphatic carbocycles. The van der Waals surface area contributed by atoms with Crippen LogP contribution in [0.5, 0.6) is 0 Å². The van der Waals surface area contributed by atoms with Crippen molar-refractivity contribution in [1.29, 1.82) is 0 Å². The first kappa shape index (κ1) is 14.4. The number of nitrogens with zero attached hydrogens (tertiary/aromatic N) is 1. The molecule has 0 radical (unpaired) electrons. The van der Waals surface area contributed by atoms with Gasteiger partial charge in [0, 0.05) is 24.2 Å². The second-order valence-corrected chi connectivity index (χ2v) is 5.51. The first-order valence-corrected chi connectivity index (χ1v) is 7.57. The molecule has 0 bridgehead atoms. The normalized spacial score (nSPS) is 10.9. The average molecular weight is 293 g/mol. The number of para-hydroxylation sites is 1. The number of aryl methyl sites for hydroxylation is 1. The summed E-state index contributed by atoms with van der Waals surface area (Å²) in [5.74, 6) is -0.731.